The van der Waals surface area contributed by atoms with Crippen LogP contribution in [-0.4, -0.2) is 40.4 Å². The van der Waals surface area contributed by atoms with E-state index >= 15 is 0 Å². The summed E-state index contributed by atoms with van der Waals surface area (Å²) in [5.41, 5.74) is 5.70. The highest BCUT2D eigenvalue weighted by Crippen LogP contribution is 2.37. The van der Waals surface area contributed by atoms with Crippen molar-refractivity contribution in [1.29, 1.82) is 0 Å². The predicted octanol–water partition coefficient (Wildman–Crippen LogP) is 5.12. The van der Waals surface area contributed by atoms with E-state index in [1.807, 2.05) is 30.3 Å². The molecule has 1 aliphatic carbocycles. The van der Waals surface area contributed by atoms with Gasteiger partial charge in [0.15, 0.2) is 12.4 Å². The molecule has 0 radical (unpaired) electrons. The average Bonchev–Trinajstić information content (AvgIpc) is 3.47. The van der Waals surface area contributed by atoms with Crippen LogP contribution < -0.4 is 4.90 Å². The minimum absolute atomic E-state index is 0.0702. The number of aromatic nitrogens is 1. The Labute approximate surface area is 228 Å². The van der Waals surface area contributed by atoms with Gasteiger partial charge in [-0.15, -0.1) is 0 Å². The molecule has 8 heteroatoms. The summed E-state index contributed by atoms with van der Waals surface area (Å²) in [4.78, 5) is 56.2. The molecule has 1 atom stereocenters. The lowest BCUT2D eigenvalue weighted by molar-refractivity contribution is -0.121. The molecule has 1 aromatic heterocycles. The van der Waals surface area contributed by atoms with Crippen LogP contribution in [0.15, 0.2) is 96.2 Å². The van der Waals surface area contributed by atoms with Crippen molar-refractivity contribution >= 4 is 41.0 Å². The minimum atomic E-state index is -0.661. The first-order chi connectivity index (χ1) is 19.0. The van der Waals surface area contributed by atoms with Crippen LogP contribution in [0, 0.1) is 0 Å². The van der Waals surface area contributed by atoms with Gasteiger partial charge in [-0.3, -0.25) is 14.4 Å². The molecule has 1 aliphatic heterocycles. The Kier molecular flexibility index (Phi) is 6.54. The van der Waals surface area contributed by atoms with Crippen LogP contribution in [0.4, 0.5) is 5.69 Å². The summed E-state index contributed by atoms with van der Waals surface area (Å²) in [6, 6.07) is 25.1. The molecule has 0 N–H and O–H groups in total. The second-order valence-corrected chi connectivity index (χ2v) is 10.5. The van der Waals surface area contributed by atoms with E-state index in [1.165, 1.54) is 47.2 Å². The normalized spacial score (nSPS) is 15.7. The van der Waals surface area contributed by atoms with E-state index in [0.29, 0.717) is 16.3 Å². The van der Waals surface area contributed by atoms with E-state index < -0.39 is 11.2 Å². The van der Waals surface area contributed by atoms with Crippen molar-refractivity contribution < 1.29 is 23.9 Å². The van der Waals surface area contributed by atoms with Crippen molar-refractivity contribution in [2.24, 2.45) is 0 Å². The van der Waals surface area contributed by atoms with Crippen LogP contribution in [0.2, 0.25) is 0 Å². The number of nitrogens with zero attached hydrogens (tertiary/aromatic N) is 2. The molecule has 0 saturated carbocycles. The SMILES string of the molecule is O=C(COC(=O)c1ccc(N2C(=O)CC(Sc3ccccn3)C2=O)cc1)c1ccc2c(c1)Cc1ccccc1-2. The number of carbonyl (C=O) groups excluding carboxylic acids is 4. The fraction of sp³-hybridized carbons (Fsp3) is 0.129. The Morgan fingerprint density at radius 2 is 1.62 bits per heavy atom. The van der Waals surface area contributed by atoms with Gasteiger partial charge < -0.3 is 4.74 Å². The zero-order valence-electron chi connectivity index (χ0n) is 20.7. The molecule has 7 nitrogen and oxygen atoms in total. The second kappa shape index (κ2) is 10.3. The number of esters is 1. The van der Waals surface area contributed by atoms with Crippen molar-refractivity contribution in [1.82, 2.24) is 4.98 Å². The largest absolute Gasteiger partial charge is 0.454 e. The molecule has 4 aromatic rings. The molecule has 2 heterocycles. The van der Waals surface area contributed by atoms with Crippen LogP contribution in [0.5, 0.6) is 0 Å². The number of anilines is 1. The summed E-state index contributed by atoms with van der Waals surface area (Å²) in [5.74, 6) is -1.59. The minimum Gasteiger partial charge on any atom is -0.454 e. The van der Waals surface area contributed by atoms with Gasteiger partial charge in [0.2, 0.25) is 11.8 Å². The number of carbonyl (C=O) groups is 4. The quantitative estimate of drug-likeness (QED) is 0.163. The van der Waals surface area contributed by atoms with E-state index in [4.69, 9.17) is 4.74 Å². The molecule has 2 aliphatic rings. The van der Waals surface area contributed by atoms with Gasteiger partial charge in [-0.1, -0.05) is 54.2 Å². The second-order valence-electron chi connectivity index (χ2n) is 9.30. The topological polar surface area (TPSA) is 93.6 Å². The van der Waals surface area contributed by atoms with Crippen molar-refractivity contribution in [3.05, 3.63) is 113 Å². The van der Waals surface area contributed by atoms with E-state index in [1.54, 1.807) is 24.4 Å². The summed E-state index contributed by atoms with van der Waals surface area (Å²) in [6.07, 6.45) is 2.47. The predicted molar refractivity (Wildman–Crippen MR) is 147 cm³/mol. The summed E-state index contributed by atoms with van der Waals surface area (Å²) in [5, 5.41) is 0.111. The fourth-order valence-electron chi connectivity index (χ4n) is 4.89. The lowest BCUT2D eigenvalue weighted by Gasteiger charge is -2.15. The smallest absolute Gasteiger partial charge is 0.338 e. The number of benzene rings is 3. The van der Waals surface area contributed by atoms with Gasteiger partial charge in [-0.2, -0.15) is 0 Å². The maximum atomic E-state index is 12.9. The molecular formula is C31H22N2O5S. The van der Waals surface area contributed by atoms with Crippen molar-refractivity contribution in [2.45, 2.75) is 23.1 Å². The molecule has 0 bridgehead atoms. The van der Waals surface area contributed by atoms with Crippen LogP contribution in [0.1, 0.15) is 38.3 Å². The average molecular weight is 535 g/mol. The summed E-state index contributed by atoms with van der Waals surface area (Å²) in [7, 11) is 0. The van der Waals surface area contributed by atoms with E-state index in [2.05, 4.69) is 17.1 Å². The number of fused-ring (bicyclic) bond motifs is 3. The number of ether oxygens (including phenoxy) is 1. The Balaban J connectivity index is 1.07. The van der Waals surface area contributed by atoms with Gasteiger partial charge in [0.1, 0.15) is 0 Å². The highest BCUT2D eigenvalue weighted by molar-refractivity contribution is 8.00. The lowest BCUT2D eigenvalue weighted by Crippen LogP contribution is -2.31. The number of hydrogen-bond donors (Lipinski definition) is 0. The Morgan fingerprint density at radius 1 is 0.872 bits per heavy atom. The number of ketones is 1. The third-order valence-electron chi connectivity index (χ3n) is 6.82. The summed E-state index contributed by atoms with van der Waals surface area (Å²) >= 11 is 1.25. The zero-order chi connectivity index (χ0) is 26.9. The Morgan fingerprint density at radius 3 is 2.41 bits per heavy atom. The fourth-order valence-corrected chi connectivity index (χ4v) is 5.90. The first-order valence-corrected chi connectivity index (χ1v) is 13.3. The zero-order valence-corrected chi connectivity index (χ0v) is 21.5. The van der Waals surface area contributed by atoms with Gasteiger partial charge in [0.25, 0.3) is 0 Å². The number of pyridine rings is 1. The molecule has 39 heavy (non-hydrogen) atoms. The number of hydrogen-bond acceptors (Lipinski definition) is 7. The number of amides is 2. The molecule has 3 aromatic carbocycles. The number of Topliss-reactive ketones (excluding diaryl/α,β-unsaturated/α-hetero) is 1. The van der Waals surface area contributed by atoms with Gasteiger partial charge in [-0.05, 0) is 71.1 Å². The van der Waals surface area contributed by atoms with Gasteiger partial charge in [-0.25, -0.2) is 14.7 Å². The molecular weight excluding hydrogens is 512 g/mol. The molecule has 1 unspecified atom stereocenters. The summed E-state index contributed by atoms with van der Waals surface area (Å²) < 4.78 is 5.27. The number of imide groups is 1. The van der Waals surface area contributed by atoms with Crippen molar-refractivity contribution in [3.63, 3.8) is 0 Å². The first kappa shape index (κ1) is 24.8. The van der Waals surface area contributed by atoms with E-state index in [9.17, 15) is 19.2 Å². The highest BCUT2D eigenvalue weighted by atomic mass is 32.2. The summed E-state index contributed by atoms with van der Waals surface area (Å²) in [6.45, 7) is -0.387. The Hall–Kier alpha value is -4.56. The van der Waals surface area contributed by atoms with Crippen LogP contribution in [0.3, 0.4) is 0 Å². The molecule has 192 valence electrons. The third kappa shape index (κ3) is 4.86. The number of rotatable bonds is 7. The highest BCUT2D eigenvalue weighted by Gasteiger charge is 2.40. The number of thioether (sulfide) groups is 1. The van der Waals surface area contributed by atoms with Gasteiger partial charge in [0, 0.05) is 18.2 Å². The molecule has 0 spiro atoms. The van der Waals surface area contributed by atoms with Crippen molar-refractivity contribution in [2.75, 3.05) is 11.5 Å². The van der Waals surface area contributed by atoms with Crippen LogP contribution >= 0.6 is 11.8 Å². The van der Waals surface area contributed by atoms with E-state index in [0.717, 1.165) is 22.4 Å². The van der Waals surface area contributed by atoms with E-state index in [-0.39, 0.29) is 36.2 Å². The maximum Gasteiger partial charge on any atom is 0.338 e. The molecule has 1 saturated heterocycles. The molecule has 6 rings (SSSR count). The van der Waals surface area contributed by atoms with Gasteiger partial charge >= 0.3 is 5.97 Å². The lowest BCUT2D eigenvalue weighted by atomic mass is 10.0. The molecule has 1 fully saturated rings. The Bertz CT molecular complexity index is 1620. The van der Waals surface area contributed by atoms with Gasteiger partial charge in [0.05, 0.1) is 21.5 Å². The van der Waals surface area contributed by atoms with Crippen molar-refractivity contribution in [3.8, 4) is 11.1 Å². The monoisotopic (exact) mass is 534 g/mol. The van der Waals surface area contributed by atoms with Crippen LogP contribution in [-0.2, 0) is 20.7 Å². The van der Waals surface area contributed by atoms with Crippen LogP contribution in [0.25, 0.3) is 11.1 Å². The first-order valence-electron chi connectivity index (χ1n) is 12.4. The third-order valence-corrected chi connectivity index (χ3v) is 7.95. The standard InChI is InChI=1S/C31H22N2O5S/c34-26(21-10-13-25-22(16-21)15-20-5-1-2-6-24(20)25)18-38-31(37)19-8-11-23(12-9-19)33-29(35)17-27(30(33)36)39-28-7-3-4-14-32-28/h1-14,16,27H,15,17-18H2. The maximum absolute atomic E-state index is 12.9. The molecule has 2 amide bonds.